The van der Waals surface area contributed by atoms with Crippen LogP contribution >= 0.6 is 0 Å². The summed E-state index contributed by atoms with van der Waals surface area (Å²) in [5.41, 5.74) is 5.73. The van der Waals surface area contributed by atoms with E-state index >= 15 is 0 Å². The van der Waals surface area contributed by atoms with Crippen LogP contribution in [0.2, 0.25) is 0 Å². The van der Waals surface area contributed by atoms with E-state index in [1.165, 1.54) is 0 Å². The SMILES string of the molecule is CCOCCCN(CC(F)(F)F)C(=O)[C@@H](N)[C@@H](C)CC. The van der Waals surface area contributed by atoms with E-state index in [9.17, 15) is 18.0 Å². The van der Waals surface area contributed by atoms with E-state index < -0.39 is 24.7 Å². The number of carbonyl (C=O) groups is 1. The molecule has 0 saturated heterocycles. The third kappa shape index (κ3) is 7.69. The molecule has 0 aliphatic carbocycles. The monoisotopic (exact) mass is 298 g/mol. The van der Waals surface area contributed by atoms with Gasteiger partial charge in [-0.2, -0.15) is 13.2 Å². The van der Waals surface area contributed by atoms with Crippen LogP contribution in [0.4, 0.5) is 13.2 Å². The molecule has 4 nitrogen and oxygen atoms in total. The molecule has 0 aromatic heterocycles. The minimum atomic E-state index is -4.42. The van der Waals surface area contributed by atoms with Crippen molar-refractivity contribution in [3.05, 3.63) is 0 Å². The Bertz CT molecular complexity index is 285. The van der Waals surface area contributed by atoms with E-state index in [0.29, 0.717) is 26.1 Å². The number of nitrogens with zero attached hydrogens (tertiary/aromatic N) is 1. The van der Waals surface area contributed by atoms with Gasteiger partial charge in [-0.15, -0.1) is 0 Å². The lowest BCUT2D eigenvalue weighted by molar-refractivity contribution is -0.163. The maximum atomic E-state index is 12.5. The molecule has 0 saturated carbocycles. The molecule has 0 aliphatic rings. The van der Waals surface area contributed by atoms with Gasteiger partial charge >= 0.3 is 6.18 Å². The smallest absolute Gasteiger partial charge is 0.382 e. The van der Waals surface area contributed by atoms with Crippen LogP contribution in [0.3, 0.4) is 0 Å². The molecule has 0 aromatic carbocycles. The molecule has 0 aromatic rings. The van der Waals surface area contributed by atoms with Gasteiger partial charge in [-0.25, -0.2) is 0 Å². The van der Waals surface area contributed by atoms with Crippen LogP contribution in [-0.2, 0) is 9.53 Å². The van der Waals surface area contributed by atoms with Gasteiger partial charge in [0.25, 0.3) is 0 Å². The molecule has 2 N–H and O–H groups in total. The average Bonchev–Trinajstić information content (AvgIpc) is 2.38. The van der Waals surface area contributed by atoms with Crippen molar-refractivity contribution >= 4 is 5.91 Å². The van der Waals surface area contributed by atoms with Crippen LogP contribution in [0.5, 0.6) is 0 Å². The van der Waals surface area contributed by atoms with Crippen molar-refractivity contribution in [1.82, 2.24) is 4.90 Å². The van der Waals surface area contributed by atoms with E-state index in [4.69, 9.17) is 10.5 Å². The third-order valence-corrected chi connectivity index (χ3v) is 3.14. The molecule has 0 spiro atoms. The van der Waals surface area contributed by atoms with Crippen LogP contribution < -0.4 is 5.73 Å². The lowest BCUT2D eigenvalue weighted by Gasteiger charge is -2.28. The molecule has 1 amide bonds. The highest BCUT2D eigenvalue weighted by atomic mass is 19.4. The van der Waals surface area contributed by atoms with E-state index in [2.05, 4.69) is 0 Å². The maximum Gasteiger partial charge on any atom is 0.406 e. The van der Waals surface area contributed by atoms with Gasteiger partial charge in [0.15, 0.2) is 0 Å². The topological polar surface area (TPSA) is 55.6 Å². The van der Waals surface area contributed by atoms with Crippen LogP contribution in [-0.4, -0.2) is 49.3 Å². The highest BCUT2D eigenvalue weighted by Gasteiger charge is 2.35. The molecule has 20 heavy (non-hydrogen) atoms. The fourth-order valence-corrected chi connectivity index (χ4v) is 1.69. The summed E-state index contributed by atoms with van der Waals surface area (Å²) in [6.45, 7) is 4.98. The summed E-state index contributed by atoms with van der Waals surface area (Å²) in [7, 11) is 0. The number of hydrogen-bond acceptors (Lipinski definition) is 3. The Hall–Kier alpha value is -0.820. The second kappa shape index (κ2) is 9.18. The average molecular weight is 298 g/mol. The Morgan fingerprint density at radius 1 is 1.35 bits per heavy atom. The molecule has 0 aliphatic heterocycles. The summed E-state index contributed by atoms with van der Waals surface area (Å²) < 4.78 is 42.6. The quantitative estimate of drug-likeness (QED) is 0.664. The summed E-state index contributed by atoms with van der Waals surface area (Å²) in [5, 5.41) is 0. The van der Waals surface area contributed by atoms with Crippen molar-refractivity contribution in [2.45, 2.75) is 45.8 Å². The molecule has 0 rings (SSSR count). The van der Waals surface area contributed by atoms with Crippen molar-refractivity contribution in [2.24, 2.45) is 11.7 Å². The Morgan fingerprint density at radius 2 is 1.95 bits per heavy atom. The Balaban J connectivity index is 4.61. The molecular weight excluding hydrogens is 273 g/mol. The van der Waals surface area contributed by atoms with Gasteiger partial charge in [0, 0.05) is 19.8 Å². The van der Waals surface area contributed by atoms with Crippen LogP contribution in [0.15, 0.2) is 0 Å². The maximum absolute atomic E-state index is 12.5. The number of halogens is 3. The Kier molecular flexibility index (Phi) is 8.80. The van der Waals surface area contributed by atoms with E-state index in [1.54, 1.807) is 13.8 Å². The van der Waals surface area contributed by atoms with E-state index in [1.807, 2.05) is 6.92 Å². The minimum absolute atomic E-state index is 0.00246. The first-order chi connectivity index (χ1) is 9.22. The third-order valence-electron chi connectivity index (χ3n) is 3.14. The van der Waals surface area contributed by atoms with Crippen LogP contribution in [0, 0.1) is 5.92 Å². The number of hydrogen-bond donors (Lipinski definition) is 1. The molecule has 0 fully saturated rings. The normalized spacial score (nSPS) is 14.9. The van der Waals surface area contributed by atoms with Crippen molar-refractivity contribution in [1.29, 1.82) is 0 Å². The summed E-state index contributed by atoms with van der Waals surface area (Å²) >= 11 is 0. The van der Waals surface area contributed by atoms with Gasteiger partial charge in [-0.1, -0.05) is 20.3 Å². The second-order valence-corrected chi connectivity index (χ2v) is 4.84. The molecule has 2 atom stereocenters. The van der Waals surface area contributed by atoms with E-state index in [0.717, 1.165) is 4.90 Å². The number of carbonyl (C=O) groups excluding carboxylic acids is 1. The van der Waals surface area contributed by atoms with Crippen molar-refractivity contribution in [3.63, 3.8) is 0 Å². The van der Waals surface area contributed by atoms with Gasteiger partial charge in [-0.3, -0.25) is 4.79 Å². The molecule has 0 radical (unpaired) electrons. The van der Waals surface area contributed by atoms with Gasteiger partial charge < -0.3 is 15.4 Å². The zero-order valence-electron chi connectivity index (χ0n) is 12.4. The highest BCUT2D eigenvalue weighted by molar-refractivity contribution is 5.82. The van der Waals surface area contributed by atoms with Crippen molar-refractivity contribution < 1.29 is 22.7 Å². The number of amides is 1. The van der Waals surface area contributed by atoms with Gasteiger partial charge in [0.2, 0.25) is 5.91 Å². The van der Waals surface area contributed by atoms with Crippen LogP contribution in [0.1, 0.15) is 33.6 Å². The second-order valence-electron chi connectivity index (χ2n) is 4.84. The lowest BCUT2D eigenvalue weighted by Crippen LogP contribution is -2.50. The largest absolute Gasteiger partial charge is 0.406 e. The fraction of sp³-hybridized carbons (Fsp3) is 0.923. The number of rotatable bonds is 9. The Morgan fingerprint density at radius 3 is 2.40 bits per heavy atom. The van der Waals surface area contributed by atoms with Gasteiger partial charge in [0.05, 0.1) is 6.04 Å². The molecule has 0 unspecified atom stereocenters. The zero-order valence-corrected chi connectivity index (χ0v) is 12.4. The molecule has 7 heteroatoms. The van der Waals surface area contributed by atoms with Crippen molar-refractivity contribution in [2.75, 3.05) is 26.3 Å². The number of nitrogens with two attached hydrogens (primary N) is 1. The first-order valence-corrected chi connectivity index (χ1v) is 6.91. The molecule has 0 heterocycles. The fourth-order valence-electron chi connectivity index (χ4n) is 1.69. The summed E-state index contributed by atoms with van der Waals surface area (Å²) in [5.74, 6) is -0.793. The molecule has 0 bridgehead atoms. The van der Waals surface area contributed by atoms with E-state index in [-0.39, 0.29) is 12.5 Å². The zero-order chi connectivity index (χ0) is 15.8. The summed E-state index contributed by atoms with van der Waals surface area (Å²) in [6, 6.07) is -0.894. The number of alkyl halides is 3. The summed E-state index contributed by atoms with van der Waals surface area (Å²) in [4.78, 5) is 12.8. The van der Waals surface area contributed by atoms with Gasteiger partial charge in [-0.05, 0) is 19.3 Å². The molecule has 120 valence electrons. The standard InChI is InChI=1S/C13H25F3N2O2/c1-4-10(3)11(17)12(19)18(9-13(14,15)16)7-6-8-20-5-2/h10-11H,4-9,17H2,1-3H3/t10-,11-/m0/s1. The van der Waals surface area contributed by atoms with Crippen molar-refractivity contribution in [3.8, 4) is 0 Å². The summed E-state index contributed by atoms with van der Waals surface area (Å²) in [6.07, 6.45) is -3.41. The predicted molar refractivity (Wildman–Crippen MR) is 71.2 cm³/mol. The minimum Gasteiger partial charge on any atom is -0.382 e. The first-order valence-electron chi connectivity index (χ1n) is 6.91. The predicted octanol–water partition coefficient (Wildman–Crippen LogP) is 2.18. The van der Waals surface area contributed by atoms with Gasteiger partial charge in [0.1, 0.15) is 6.54 Å². The van der Waals surface area contributed by atoms with Crippen LogP contribution in [0.25, 0.3) is 0 Å². The number of ether oxygens (including phenoxy) is 1. The lowest BCUT2D eigenvalue weighted by atomic mass is 9.99. The molecular formula is C13H25F3N2O2. The Labute approximate surface area is 118 Å². The highest BCUT2D eigenvalue weighted by Crippen LogP contribution is 2.18. The first kappa shape index (κ1) is 19.2.